The lowest BCUT2D eigenvalue weighted by Gasteiger charge is -2.36. The summed E-state index contributed by atoms with van der Waals surface area (Å²) in [5.74, 6) is 0.535. The van der Waals surface area contributed by atoms with Crippen LogP contribution in [0, 0.1) is 5.92 Å². The fraction of sp³-hybridized carbons (Fsp3) is 0.611. The number of rotatable bonds is 4. The van der Waals surface area contributed by atoms with Crippen LogP contribution in [0.2, 0.25) is 0 Å². The van der Waals surface area contributed by atoms with E-state index in [0.29, 0.717) is 32.0 Å². The van der Waals surface area contributed by atoms with Crippen LogP contribution in [0.5, 0.6) is 0 Å². The molecule has 2 saturated heterocycles. The highest BCUT2D eigenvalue weighted by molar-refractivity contribution is 6.07. The Labute approximate surface area is 160 Å². The zero-order chi connectivity index (χ0) is 20.1. The summed E-state index contributed by atoms with van der Waals surface area (Å²) in [6, 6.07) is 2.05. The average Bonchev–Trinajstić information content (AvgIpc) is 3.48. The number of imide groups is 1. The summed E-state index contributed by atoms with van der Waals surface area (Å²) in [6.45, 7) is 4.30. The van der Waals surface area contributed by atoms with Crippen LogP contribution >= 0.6 is 0 Å². The molecule has 1 aromatic rings. The third kappa shape index (κ3) is 3.41. The molecule has 0 radical (unpaired) electrons. The highest BCUT2D eigenvalue weighted by Crippen LogP contribution is 2.42. The van der Waals surface area contributed by atoms with Crippen LogP contribution in [0.15, 0.2) is 18.3 Å². The molecule has 1 saturated carbocycles. The van der Waals surface area contributed by atoms with Crippen molar-refractivity contribution in [2.24, 2.45) is 5.92 Å². The number of aromatic nitrogens is 1. The topological polar surface area (TPSA) is 68.8 Å². The molecule has 152 valence electrons. The van der Waals surface area contributed by atoms with Crippen LogP contribution in [-0.2, 0) is 11.0 Å². The second-order valence-corrected chi connectivity index (χ2v) is 7.79. The zero-order valence-corrected chi connectivity index (χ0v) is 15.5. The van der Waals surface area contributed by atoms with Crippen LogP contribution in [0.4, 0.5) is 23.8 Å². The highest BCUT2D eigenvalue weighted by atomic mass is 19.4. The maximum atomic E-state index is 12.7. The smallest absolute Gasteiger partial charge is 0.354 e. The number of carbonyl (C=O) groups is 2. The Morgan fingerprint density at radius 2 is 1.86 bits per heavy atom. The Morgan fingerprint density at radius 1 is 1.18 bits per heavy atom. The first-order valence-electron chi connectivity index (χ1n) is 9.33. The molecule has 1 unspecified atom stereocenters. The Kier molecular flexibility index (Phi) is 4.48. The molecule has 10 heteroatoms. The van der Waals surface area contributed by atoms with Crippen LogP contribution < -0.4 is 10.2 Å². The molecule has 2 aliphatic heterocycles. The van der Waals surface area contributed by atoms with Crippen molar-refractivity contribution < 1.29 is 22.8 Å². The fourth-order valence-electron chi connectivity index (χ4n) is 3.84. The van der Waals surface area contributed by atoms with Crippen molar-refractivity contribution in [1.29, 1.82) is 0 Å². The van der Waals surface area contributed by atoms with Crippen molar-refractivity contribution in [2.45, 2.75) is 31.5 Å². The van der Waals surface area contributed by atoms with Crippen molar-refractivity contribution in [3.63, 3.8) is 0 Å². The van der Waals surface area contributed by atoms with E-state index >= 15 is 0 Å². The molecule has 3 amide bonds. The number of halogens is 3. The van der Waals surface area contributed by atoms with Gasteiger partial charge in [0.2, 0.25) is 0 Å². The van der Waals surface area contributed by atoms with E-state index in [4.69, 9.17) is 0 Å². The molecule has 1 aromatic heterocycles. The molecular weight excluding hydrogens is 375 g/mol. The number of urea groups is 1. The molecule has 7 nitrogen and oxygen atoms in total. The summed E-state index contributed by atoms with van der Waals surface area (Å²) in [5, 5.41) is 2.83. The number of anilines is 1. The SMILES string of the molecule is CC1(C2CC2)NC(=O)N(CN2CCN(c3ccc(C(F)(F)F)cn3)CC2)C1=O. The molecular formula is C18H22F3N5O2. The molecule has 1 aliphatic carbocycles. The quantitative estimate of drug-likeness (QED) is 0.786. The minimum Gasteiger partial charge on any atom is -0.354 e. The summed E-state index contributed by atoms with van der Waals surface area (Å²) in [5.41, 5.74) is -1.56. The van der Waals surface area contributed by atoms with Gasteiger partial charge >= 0.3 is 12.2 Å². The van der Waals surface area contributed by atoms with Gasteiger partial charge in [0.25, 0.3) is 5.91 Å². The minimum absolute atomic E-state index is 0.174. The zero-order valence-electron chi connectivity index (χ0n) is 15.5. The molecule has 4 rings (SSSR count). The molecule has 1 N–H and O–H groups in total. The maximum Gasteiger partial charge on any atom is 0.417 e. The van der Waals surface area contributed by atoms with Gasteiger partial charge in [0.15, 0.2) is 0 Å². The number of hydrogen-bond donors (Lipinski definition) is 1. The van der Waals surface area contributed by atoms with Gasteiger partial charge in [0.1, 0.15) is 11.4 Å². The van der Waals surface area contributed by atoms with Gasteiger partial charge < -0.3 is 10.2 Å². The van der Waals surface area contributed by atoms with Gasteiger partial charge in [-0.3, -0.25) is 9.69 Å². The summed E-state index contributed by atoms with van der Waals surface area (Å²) < 4.78 is 38.0. The molecule has 0 bridgehead atoms. The van der Waals surface area contributed by atoms with E-state index < -0.39 is 17.3 Å². The first-order valence-corrected chi connectivity index (χ1v) is 9.33. The predicted octanol–water partition coefficient (Wildman–Crippen LogP) is 1.90. The lowest BCUT2D eigenvalue weighted by molar-refractivity contribution is -0.138. The number of pyridine rings is 1. The predicted molar refractivity (Wildman–Crippen MR) is 94.4 cm³/mol. The number of nitrogens with one attached hydrogen (secondary N) is 1. The number of alkyl halides is 3. The minimum atomic E-state index is -4.40. The standard InChI is InChI=1S/C18H22F3N5O2/c1-17(12-2-3-12)15(27)26(16(28)23-17)11-24-6-8-25(9-7-24)14-5-4-13(10-22-14)18(19,20)21/h4-5,10,12H,2-3,6-9,11H2,1H3,(H,23,28). The van der Waals surface area contributed by atoms with Crippen LogP contribution in [0.3, 0.4) is 0 Å². The Morgan fingerprint density at radius 3 is 2.39 bits per heavy atom. The highest BCUT2D eigenvalue weighted by Gasteiger charge is 2.56. The maximum absolute atomic E-state index is 12.7. The summed E-state index contributed by atoms with van der Waals surface area (Å²) in [6.07, 6.45) is -1.65. The lowest BCUT2D eigenvalue weighted by Crippen LogP contribution is -2.52. The monoisotopic (exact) mass is 397 g/mol. The lowest BCUT2D eigenvalue weighted by atomic mass is 9.96. The van der Waals surface area contributed by atoms with Crippen molar-refractivity contribution >= 4 is 17.8 Å². The van der Waals surface area contributed by atoms with E-state index in [2.05, 4.69) is 10.3 Å². The number of hydrogen-bond acceptors (Lipinski definition) is 5. The summed E-state index contributed by atoms with van der Waals surface area (Å²) in [7, 11) is 0. The van der Waals surface area contributed by atoms with Crippen molar-refractivity contribution in [3.05, 3.63) is 23.9 Å². The molecule has 1 atom stereocenters. The van der Waals surface area contributed by atoms with Gasteiger partial charge in [-0.25, -0.2) is 14.7 Å². The van der Waals surface area contributed by atoms with Gasteiger partial charge in [-0.2, -0.15) is 13.2 Å². The summed E-state index contributed by atoms with van der Waals surface area (Å²) >= 11 is 0. The number of amides is 3. The van der Waals surface area contributed by atoms with Gasteiger partial charge in [-0.1, -0.05) is 0 Å². The van der Waals surface area contributed by atoms with Crippen LogP contribution in [0.25, 0.3) is 0 Å². The third-order valence-electron chi connectivity index (χ3n) is 5.81. The van der Waals surface area contributed by atoms with E-state index in [-0.39, 0.29) is 24.5 Å². The van der Waals surface area contributed by atoms with Crippen molar-refractivity contribution in [1.82, 2.24) is 20.1 Å². The molecule has 0 spiro atoms. The fourth-order valence-corrected chi connectivity index (χ4v) is 3.84. The molecule has 0 aromatic carbocycles. The number of nitrogens with zero attached hydrogens (tertiary/aromatic N) is 4. The van der Waals surface area contributed by atoms with Gasteiger partial charge in [0.05, 0.1) is 12.2 Å². The van der Waals surface area contributed by atoms with Gasteiger partial charge in [-0.15, -0.1) is 0 Å². The average molecular weight is 397 g/mol. The van der Waals surface area contributed by atoms with E-state index in [1.54, 1.807) is 6.92 Å². The van der Waals surface area contributed by atoms with Crippen LogP contribution in [-0.4, -0.2) is 65.1 Å². The first-order chi connectivity index (χ1) is 13.2. The van der Waals surface area contributed by atoms with E-state index in [1.807, 2.05) is 9.80 Å². The van der Waals surface area contributed by atoms with Crippen molar-refractivity contribution in [3.8, 4) is 0 Å². The van der Waals surface area contributed by atoms with E-state index in [9.17, 15) is 22.8 Å². The third-order valence-corrected chi connectivity index (χ3v) is 5.81. The molecule has 28 heavy (non-hydrogen) atoms. The van der Waals surface area contributed by atoms with Gasteiger partial charge in [-0.05, 0) is 37.8 Å². The first kappa shape index (κ1) is 19.0. The molecule has 3 heterocycles. The second kappa shape index (κ2) is 6.61. The van der Waals surface area contributed by atoms with Gasteiger partial charge in [0, 0.05) is 32.4 Å². The van der Waals surface area contributed by atoms with E-state index in [0.717, 1.165) is 25.1 Å². The molecule has 3 aliphatic rings. The second-order valence-electron chi connectivity index (χ2n) is 7.79. The largest absolute Gasteiger partial charge is 0.417 e. The van der Waals surface area contributed by atoms with Crippen molar-refractivity contribution in [2.75, 3.05) is 37.7 Å². The Bertz CT molecular complexity index is 772. The van der Waals surface area contributed by atoms with E-state index in [1.165, 1.54) is 11.0 Å². The summed E-state index contributed by atoms with van der Waals surface area (Å²) in [4.78, 5) is 34.0. The number of carbonyl (C=O) groups excluding carboxylic acids is 2. The Hall–Kier alpha value is -2.36. The normalized spacial score (nSPS) is 26.7. The Balaban J connectivity index is 1.33. The molecule has 3 fully saturated rings. The van der Waals surface area contributed by atoms with Crippen LogP contribution in [0.1, 0.15) is 25.3 Å². The number of piperazine rings is 1.